The van der Waals surface area contributed by atoms with E-state index in [4.69, 9.17) is 30.8 Å². The normalized spacial score (nSPS) is 14.6. The van der Waals surface area contributed by atoms with Gasteiger partial charge >= 0.3 is 11.9 Å². The Morgan fingerprint density at radius 3 is 2.35 bits per heavy atom. The summed E-state index contributed by atoms with van der Waals surface area (Å²) in [5.74, 6) is -0.414. The highest BCUT2D eigenvalue weighted by Crippen LogP contribution is 2.38. The van der Waals surface area contributed by atoms with Gasteiger partial charge in [0.05, 0.1) is 41.7 Å². The van der Waals surface area contributed by atoms with Crippen LogP contribution in [0.3, 0.4) is 0 Å². The maximum atomic E-state index is 14.3. The minimum absolute atomic E-state index is 0.173. The third-order valence-corrected chi connectivity index (χ3v) is 8.99. The minimum atomic E-state index is -0.849. The summed E-state index contributed by atoms with van der Waals surface area (Å²) >= 11 is 7.72. The van der Waals surface area contributed by atoms with Crippen molar-refractivity contribution in [1.29, 1.82) is 0 Å². The van der Waals surface area contributed by atoms with Gasteiger partial charge in [-0.2, -0.15) is 0 Å². The second-order valence-corrected chi connectivity index (χ2v) is 12.2. The van der Waals surface area contributed by atoms with Crippen LogP contribution in [0.4, 0.5) is 0 Å². The lowest BCUT2D eigenvalue weighted by Crippen LogP contribution is -2.40. The molecule has 4 aromatic rings. The van der Waals surface area contributed by atoms with Gasteiger partial charge in [0, 0.05) is 27.7 Å². The van der Waals surface area contributed by atoms with Crippen LogP contribution in [0, 0.1) is 13.8 Å². The first-order valence-corrected chi connectivity index (χ1v) is 16.3. The molecule has 0 aliphatic carbocycles. The lowest BCUT2D eigenvalue weighted by atomic mass is 9.93. The molecule has 0 N–H and O–H groups in total. The minimum Gasteiger partial charge on any atom is -0.496 e. The van der Waals surface area contributed by atoms with E-state index in [1.54, 1.807) is 48.7 Å². The van der Waals surface area contributed by atoms with Gasteiger partial charge in [-0.15, -0.1) is 0 Å². The van der Waals surface area contributed by atoms with Crippen molar-refractivity contribution in [1.82, 2.24) is 9.13 Å². The number of halogens is 1. The highest BCUT2D eigenvalue weighted by Gasteiger charge is 2.36. The van der Waals surface area contributed by atoms with E-state index in [1.165, 1.54) is 18.4 Å². The van der Waals surface area contributed by atoms with Crippen LogP contribution in [0.2, 0.25) is 5.02 Å². The highest BCUT2D eigenvalue weighted by atomic mass is 35.5. The summed E-state index contributed by atoms with van der Waals surface area (Å²) in [6.45, 7) is 9.97. The lowest BCUT2D eigenvalue weighted by Gasteiger charge is -2.27. The summed E-state index contributed by atoms with van der Waals surface area (Å²) in [5, 5.41) is 0.443. The van der Waals surface area contributed by atoms with Gasteiger partial charge in [0.2, 0.25) is 0 Å². The smallest absolute Gasteiger partial charge is 0.338 e. The van der Waals surface area contributed by atoms with E-state index in [0.717, 1.165) is 29.1 Å². The van der Waals surface area contributed by atoms with E-state index in [0.29, 0.717) is 55.5 Å². The van der Waals surface area contributed by atoms with Gasteiger partial charge in [-0.25, -0.2) is 14.6 Å². The molecule has 0 fully saturated rings. The van der Waals surface area contributed by atoms with Crippen LogP contribution in [0.25, 0.3) is 11.8 Å². The van der Waals surface area contributed by atoms with Crippen LogP contribution in [0.5, 0.6) is 5.75 Å². The SMILES string of the molecule is CCCC1=C(C(=O)OCC)[C@@H](c2cc(Cl)ccc2OC)n2c(s/c(=C/c3cc(C)n(-c4ccc(C(=O)OCC)cc4)c3C)c2=O)=N1. The number of fused-ring (bicyclic) bond motifs is 1. The molecule has 3 heterocycles. The summed E-state index contributed by atoms with van der Waals surface area (Å²) in [6.07, 6.45) is 3.12. The van der Waals surface area contributed by atoms with Gasteiger partial charge in [-0.3, -0.25) is 9.36 Å². The third kappa shape index (κ3) is 6.19. The van der Waals surface area contributed by atoms with Gasteiger partial charge in [-0.05, 0) is 94.3 Å². The molecule has 46 heavy (non-hydrogen) atoms. The van der Waals surface area contributed by atoms with Crippen molar-refractivity contribution < 1.29 is 23.8 Å². The third-order valence-electron chi connectivity index (χ3n) is 7.77. The van der Waals surface area contributed by atoms with Crippen LogP contribution in [0.1, 0.15) is 72.5 Å². The molecule has 2 aromatic heterocycles. The largest absolute Gasteiger partial charge is 0.496 e. The van der Waals surface area contributed by atoms with Gasteiger partial charge in [-0.1, -0.05) is 36.3 Å². The number of hydrogen-bond donors (Lipinski definition) is 0. The lowest BCUT2D eigenvalue weighted by molar-refractivity contribution is -0.139. The van der Waals surface area contributed by atoms with Crippen molar-refractivity contribution in [3.8, 4) is 11.4 Å². The fourth-order valence-electron chi connectivity index (χ4n) is 5.77. The van der Waals surface area contributed by atoms with Crippen molar-refractivity contribution in [2.24, 2.45) is 4.99 Å². The van der Waals surface area contributed by atoms with Crippen LogP contribution in [-0.4, -0.2) is 41.4 Å². The Morgan fingerprint density at radius 1 is 1.00 bits per heavy atom. The summed E-state index contributed by atoms with van der Waals surface area (Å²) in [4.78, 5) is 45.3. The number of hydrogen-bond acceptors (Lipinski definition) is 8. The fraction of sp³-hybridized carbons (Fsp3) is 0.314. The molecular weight excluding hydrogens is 626 g/mol. The molecule has 1 atom stereocenters. The Morgan fingerprint density at radius 2 is 1.70 bits per heavy atom. The molecule has 0 unspecified atom stereocenters. The van der Waals surface area contributed by atoms with E-state index >= 15 is 0 Å². The van der Waals surface area contributed by atoms with E-state index in [9.17, 15) is 14.4 Å². The van der Waals surface area contributed by atoms with Crippen LogP contribution >= 0.6 is 22.9 Å². The van der Waals surface area contributed by atoms with Gasteiger partial charge in [0.15, 0.2) is 4.80 Å². The first kappa shape index (κ1) is 33.0. The molecule has 1 aliphatic heterocycles. The summed E-state index contributed by atoms with van der Waals surface area (Å²) in [5.41, 5.74) is 5.22. The fourth-order valence-corrected chi connectivity index (χ4v) is 6.96. The molecule has 0 amide bonds. The van der Waals surface area contributed by atoms with Crippen LogP contribution in [0.15, 0.2) is 69.6 Å². The van der Waals surface area contributed by atoms with Crippen LogP contribution in [-0.2, 0) is 14.3 Å². The summed E-state index contributed by atoms with van der Waals surface area (Å²) in [7, 11) is 1.54. The maximum Gasteiger partial charge on any atom is 0.338 e. The predicted octanol–water partition coefficient (Wildman–Crippen LogP) is 5.82. The Hall–Kier alpha value is -4.41. The van der Waals surface area contributed by atoms with E-state index in [2.05, 4.69) is 4.57 Å². The summed E-state index contributed by atoms with van der Waals surface area (Å²) < 4.78 is 20.4. The predicted molar refractivity (Wildman–Crippen MR) is 179 cm³/mol. The number of aromatic nitrogens is 2. The Kier molecular flexibility index (Phi) is 9.98. The van der Waals surface area contributed by atoms with Crippen molar-refractivity contribution in [2.75, 3.05) is 20.3 Å². The number of benzene rings is 2. The molecule has 0 saturated heterocycles. The summed E-state index contributed by atoms with van der Waals surface area (Å²) in [6, 6.07) is 13.5. The van der Waals surface area contributed by atoms with Crippen molar-refractivity contribution >= 4 is 41.0 Å². The highest BCUT2D eigenvalue weighted by molar-refractivity contribution is 7.07. The van der Waals surface area contributed by atoms with Gasteiger partial charge in [0.1, 0.15) is 11.8 Å². The van der Waals surface area contributed by atoms with E-state index < -0.39 is 12.0 Å². The van der Waals surface area contributed by atoms with Gasteiger partial charge < -0.3 is 18.8 Å². The number of carbonyl (C=O) groups excluding carboxylic acids is 2. The average Bonchev–Trinajstić information content (AvgIpc) is 3.50. The standard InChI is InChI=1S/C35H36ClN3O6S/c1-7-10-27-30(34(42)45-9-3)31(26-19-24(36)13-16-28(26)43-6)39-32(40)29(46-35(39)37-27)18-23-17-20(4)38(21(23)5)25-14-11-22(12-15-25)33(41)44-8-2/h11-19,31H,7-10H2,1-6H3/b29-18+/t31-/m1/s1. The second kappa shape index (κ2) is 13.9. The number of rotatable bonds is 10. The molecular formula is C35H36ClN3O6S. The maximum absolute atomic E-state index is 14.3. The first-order valence-electron chi connectivity index (χ1n) is 15.1. The Bertz CT molecular complexity index is 2020. The number of thiazole rings is 1. The quantitative estimate of drug-likeness (QED) is 0.199. The molecule has 11 heteroatoms. The molecule has 9 nitrogen and oxygen atoms in total. The van der Waals surface area contributed by atoms with Gasteiger partial charge in [0.25, 0.3) is 5.56 Å². The number of allylic oxidation sites excluding steroid dienone is 1. The molecule has 0 saturated carbocycles. The van der Waals surface area contributed by atoms with Crippen LogP contribution < -0.4 is 19.6 Å². The zero-order valence-electron chi connectivity index (χ0n) is 26.7. The monoisotopic (exact) mass is 661 g/mol. The molecule has 0 bridgehead atoms. The average molecular weight is 662 g/mol. The van der Waals surface area contributed by atoms with E-state index in [-0.39, 0.29) is 18.1 Å². The second-order valence-electron chi connectivity index (χ2n) is 10.7. The first-order chi connectivity index (χ1) is 22.1. The zero-order chi connectivity index (χ0) is 33.1. The zero-order valence-corrected chi connectivity index (χ0v) is 28.3. The van der Waals surface area contributed by atoms with Crippen molar-refractivity contribution in [2.45, 2.75) is 53.5 Å². The Labute approximate surface area is 276 Å². The number of aryl methyl sites for hydroxylation is 1. The number of nitrogens with zero attached hydrogens (tertiary/aromatic N) is 3. The van der Waals surface area contributed by atoms with Crippen molar-refractivity contribution in [3.63, 3.8) is 0 Å². The number of ether oxygens (including phenoxy) is 3. The molecule has 0 spiro atoms. The number of methoxy groups -OCH3 is 1. The molecule has 240 valence electrons. The molecule has 5 rings (SSSR count). The van der Waals surface area contributed by atoms with E-state index in [1.807, 2.05) is 45.0 Å². The number of carbonyl (C=O) groups is 2. The topological polar surface area (TPSA) is 101 Å². The number of esters is 2. The Balaban J connectivity index is 1.68. The molecule has 2 aromatic carbocycles. The molecule has 0 radical (unpaired) electrons. The van der Waals surface area contributed by atoms with Crippen molar-refractivity contribution in [3.05, 3.63) is 113 Å². The molecule has 1 aliphatic rings.